The number of hydrogen-bond donors (Lipinski definition) is 1. The van der Waals surface area contributed by atoms with Gasteiger partial charge in [-0.05, 0) is 88.2 Å². The van der Waals surface area contributed by atoms with E-state index in [-0.39, 0.29) is 5.57 Å². The first kappa shape index (κ1) is 22.9. The number of carbonyl (C=O) groups is 1. The van der Waals surface area contributed by atoms with Crippen LogP contribution < -0.4 is 10.2 Å². The molecule has 1 amide bonds. The largest absolute Gasteiger partial charge is 0.372 e. The fourth-order valence-corrected chi connectivity index (χ4v) is 3.94. The molecule has 1 heterocycles. The average Bonchev–Trinajstić information content (AvgIpc) is 3.07. The number of nitrogens with one attached hydrogen (secondary N) is 1. The summed E-state index contributed by atoms with van der Waals surface area (Å²) in [6.07, 6.45) is 1.66. The van der Waals surface area contributed by atoms with E-state index in [1.165, 1.54) is 5.69 Å². The van der Waals surface area contributed by atoms with E-state index in [4.69, 9.17) is 0 Å². The molecule has 1 N–H and O–H groups in total. The molecular weight excluding hydrogens is 396 g/mol. The molecular formula is C27H30N4O. The molecule has 164 valence electrons. The second-order valence-electron chi connectivity index (χ2n) is 7.79. The lowest BCUT2D eigenvalue weighted by atomic mass is 10.1. The molecule has 3 rings (SSSR count). The van der Waals surface area contributed by atoms with Crippen molar-refractivity contribution in [2.75, 3.05) is 23.3 Å². The smallest absolute Gasteiger partial charge is 0.266 e. The van der Waals surface area contributed by atoms with Crippen LogP contribution in [0.25, 0.3) is 11.8 Å². The zero-order valence-corrected chi connectivity index (χ0v) is 19.4. The highest BCUT2D eigenvalue weighted by Crippen LogP contribution is 2.25. The maximum atomic E-state index is 12.7. The summed E-state index contributed by atoms with van der Waals surface area (Å²) in [5.41, 5.74) is 6.86. The van der Waals surface area contributed by atoms with Crippen molar-refractivity contribution in [1.82, 2.24) is 4.57 Å². The number of amides is 1. The van der Waals surface area contributed by atoms with E-state index in [2.05, 4.69) is 59.0 Å². The lowest BCUT2D eigenvalue weighted by Gasteiger charge is -2.21. The third-order valence-electron chi connectivity index (χ3n) is 5.76. The second-order valence-corrected chi connectivity index (χ2v) is 7.79. The van der Waals surface area contributed by atoms with Gasteiger partial charge in [0.2, 0.25) is 0 Å². The van der Waals surface area contributed by atoms with Crippen molar-refractivity contribution in [1.29, 1.82) is 5.26 Å². The van der Waals surface area contributed by atoms with Gasteiger partial charge in [-0.25, -0.2) is 0 Å². The number of nitrogens with zero attached hydrogens (tertiary/aromatic N) is 3. The monoisotopic (exact) mass is 426 g/mol. The Morgan fingerprint density at radius 1 is 1.06 bits per heavy atom. The lowest BCUT2D eigenvalue weighted by Crippen LogP contribution is -2.21. The highest BCUT2D eigenvalue weighted by Gasteiger charge is 2.15. The van der Waals surface area contributed by atoms with Crippen molar-refractivity contribution >= 4 is 23.4 Å². The Hall–Kier alpha value is -3.78. The predicted molar refractivity (Wildman–Crippen MR) is 132 cm³/mol. The van der Waals surface area contributed by atoms with E-state index in [1.54, 1.807) is 6.08 Å². The van der Waals surface area contributed by atoms with Crippen LogP contribution >= 0.6 is 0 Å². The molecule has 0 aliphatic rings. The Morgan fingerprint density at radius 3 is 2.31 bits per heavy atom. The van der Waals surface area contributed by atoms with E-state index >= 15 is 0 Å². The van der Waals surface area contributed by atoms with Crippen LogP contribution in [0.5, 0.6) is 0 Å². The van der Waals surface area contributed by atoms with Crippen molar-refractivity contribution in [3.05, 3.63) is 82.7 Å². The number of rotatable bonds is 7. The third-order valence-corrected chi connectivity index (χ3v) is 5.76. The fourth-order valence-electron chi connectivity index (χ4n) is 3.94. The second kappa shape index (κ2) is 10.0. The molecule has 32 heavy (non-hydrogen) atoms. The van der Waals surface area contributed by atoms with E-state index in [9.17, 15) is 10.1 Å². The lowest BCUT2D eigenvalue weighted by molar-refractivity contribution is -0.112. The molecule has 0 radical (unpaired) electrons. The molecule has 0 aliphatic heterocycles. The molecule has 3 aromatic rings. The SMILES string of the molecule is CCN(CC)c1ccc(-n2c(C)cc(/C=C(/C#N)C(=O)Nc3ccccc3C)c2C)cc1. The van der Waals surface area contributed by atoms with Gasteiger partial charge in [-0.15, -0.1) is 0 Å². The van der Waals surface area contributed by atoms with Crippen molar-refractivity contribution in [2.24, 2.45) is 0 Å². The minimum atomic E-state index is -0.407. The van der Waals surface area contributed by atoms with Gasteiger partial charge in [-0.2, -0.15) is 5.26 Å². The summed E-state index contributed by atoms with van der Waals surface area (Å²) in [6.45, 7) is 12.2. The Labute approximate surface area is 190 Å². The maximum Gasteiger partial charge on any atom is 0.266 e. The summed E-state index contributed by atoms with van der Waals surface area (Å²) in [7, 11) is 0. The first-order chi connectivity index (χ1) is 15.4. The van der Waals surface area contributed by atoms with Gasteiger partial charge < -0.3 is 14.8 Å². The van der Waals surface area contributed by atoms with Gasteiger partial charge in [0.05, 0.1) is 0 Å². The van der Waals surface area contributed by atoms with Crippen LogP contribution in [0.3, 0.4) is 0 Å². The summed E-state index contributed by atoms with van der Waals surface area (Å²) < 4.78 is 2.14. The van der Waals surface area contributed by atoms with Gasteiger partial charge in [0.1, 0.15) is 11.6 Å². The van der Waals surface area contributed by atoms with E-state index in [0.29, 0.717) is 5.69 Å². The quantitative estimate of drug-likeness (QED) is 0.384. The standard InChI is InChI=1S/C27H30N4O/c1-6-30(7-2)24-12-14-25(15-13-24)31-20(4)16-22(21(31)5)17-23(18-28)27(32)29-26-11-9-8-10-19(26)3/h8-17H,6-7H2,1-5H3,(H,29,32)/b23-17-. The minimum Gasteiger partial charge on any atom is -0.372 e. The number of carbonyl (C=O) groups excluding carboxylic acids is 1. The van der Waals surface area contributed by atoms with Crippen LogP contribution in [0, 0.1) is 32.1 Å². The van der Waals surface area contributed by atoms with Crippen molar-refractivity contribution in [3.8, 4) is 11.8 Å². The first-order valence-electron chi connectivity index (χ1n) is 10.9. The molecule has 0 spiro atoms. The zero-order valence-electron chi connectivity index (χ0n) is 19.4. The maximum absolute atomic E-state index is 12.7. The summed E-state index contributed by atoms with van der Waals surface area (Å²) in [4.78, 5) is 15.0. The predicted octanol–water partition coefficient (Wildman–Crippen LogP) is 5.79. The van der Waals surface area contributed by atoms with Crippen LogP contribution in [0.4, 0.5) is 11.4 Å². The Kier molecular flexibility index (Phi) is 7.17. The molecule has 5 nitrogen and oxygen atoms in total. The van der Waals surface area contributed by atoms with Gasteiger partial charge >= 0.3 is 0 Å². The van der Waals surface area contributed by atoms with Crippen molar-refractivity contribution < 1.29 is 4.79 Å². The molecule has 0 saturated carbocycles. The van der Waals surface area contributed by atoms with Crippen LogP contribution in [-0.2, 0) is 4.79 Å². The molecule has 0 unspecified atom stereocenters. The van der Waals surface area contributed by atoms with Crippen LogP contribution in [-0.4, -0.2) is 23.6 Å². The number of hydrogen-bond acceptors (Lipinski definition) is 3. The van der Waals surface area contributed by atoms with Crippen molar-refractivity contribution in [2.45, 2.75) is 34.6 Å². The molecule has 0 fully saturated rings. The molecule has 1 aromatic heterocycles. The number of aromatic nitrogens is 1. The Bertz CT molecular complexity index is 1180. The van der Waals surface area contributed by atoms with Gasteiger partial charge in [0.15, 0.2) is 0 Å². The zero-order chi connectivity index (χ0) is 23.3. The van der Waals surface area contributed by atoms with E-state index < -0.39 is 5.91 Å². The van der Waals surface area contributed by atoms with Gasteiger partial charge in [0, 0.05) is 41.5 Å². The van der Waals surface area contributed by atoms with Gasteiger partial charge in [-0.1, -0.05) is 18.2 Å². The summed E-state index contributed by atoms with van der Waals surface area (Å²) in [5, 5.41) is 12.5. The molecule has 0 atom stereocenters. The van der Waals surface area contributed by atoms with Crippen LogP contribution in [0.15, 0.2) is 60.2 Å². The fraction of sp³-hybridized carbons (Fsp3) is 0.259. The topological polar surface area (TPSA) is 61.1 Å². The molecule has 0 bridgehead atoms. The normalized spacial score (nSPS) is 11.2. The van der Waals surface area contributed by atoms with Crippen LogP contribution in [0.1, 0.15) is 36.4 Å². The average molecular weight is 427 g/mol. The summed E-state index contributed by atoms with van der Waals surface area (Å²) in [5.74, 6) is -0.407. The molecule has 2 aromatic carbocycles. The molecule has 0 saturated heterocycles. The number of aryl methyl sites for hydroxylation is 2. The first-order valence-corrected chi connectivity index (χ1v) is 10.9. The number of nitriles is 1. The molecule has 0 aliphatic carbocycles. The van der Waals surface area contributed by atoms with E-state index in [0.717, 1.165) is 41.3 Å². The number of benzene rings is 2. The van der Waals surface area contributed by atoms with E-state index in [1.807, 2.05) is 51.1 Å². The number of anilines is 2. The highest BCUT2D eigenvalue weighted by molar-refractivity contribution is 6.10. The van der Waals surface area contributed by atoms with Gasteiger partial charge in [0.25, 0.3) is 5.91 Å². The number of para-hydroxylation sites is 1. The Balaban J connectivity index is 1.90. The Morgan fingerprint density at radius 2 is 1.72 bits per heavy atom. The minimum absolute atomic E-state index is 0.0744. The third kappa shape index (κ3) is 4.76. The summed E-state index contributed by atoms with van der Waals surface area (Å²) in [6, 6.07) is 20.1. The van der Waals surface area contributed by atoms with Gasteiger partial charge in [-0.3, -0.25) is 4.79 Å². The van der Waals surface area contributed by atoms with Crippen LogP contribution in [0.2, 0.25) is 0 Å². The highest BCUT2D eigenvalue weighted by atomic mass is 16.1. The van der Waals surface area contributed by atoms with Crippen molar-refractivity contribution in [3.63, 3.8) is 0 Å². The summed E-state index contributed by atoms with van der Waals surface area (Å²) >= 11 is 0. The molecule has 5 heteroatoms.